The first-order chi connectivity index (χ1) is 16.6. The van der Waals surface area contributed by atoms with E-state index in [0.717, 1.165) is 10.9 Å². The minimum atomic E-state index is -1.25. The second-order valence-electron chi connectivity index (χ2n) is 7.46. The molecule has 1 saturated heterocycles. The van der Waals surface area contributed by atoms with Crippen molar-refractivity contribution in [2.24, 2.45) is 7.05 Å². The number of amides is 2. The molecule has 4 rings (SSSR count). The van der Waals surface area contributed by atoms with Crippen LogP contribution in [0.3, 0.4) is 0 Å². The van der Waals surface area contributed by atoms with Gasteiger partial charge in [0.1, 0.15) is 29.4 Å². The second-order valence-corrected chi connectivity index (χ2v) is 9.51. The van der Waals surface area contributed by atoms with Crippen molar-refractivity contribution in [3.8, 4) is 5.88 Å². The molecule has 16 nitrogen and oxygen atoms in total. The Bertz CT molecular complexity index is 1240. The number of methoxy groups -OCH3 is 1. The molecule has 4 heterocycles. The Morgan fingerprint density at radius 1 is 1.49 bits per heavy atom. The van der Waals surface area contributed by atoms with E-state index < -0.39 is 45.9 Å². The van der Waals surface area contributed by atoms with E-state index in [9.17, 15) is 29.6 Å². The molecule has 1 fully saturated rings. The van der Waals surface area contributed by atoms with Crippen LogP contribution < -0.4 is 10.1 Å². The molecule has 0 bridgehead atoms. The molecule has 3 atom stereocenters. The number of carboxylic acid groups (broad SMARTS) is 1. The summed E-state index contributed by atoms with van der Waals surface area (Å²) in [5.41, 5.74) is 0.0150. The molecule has 186 valence electrons. The van der Waals surface area contributed by atoms with Crippen LogP contribution in [0.2, 0.25) is 0 Å². The zero-order valence-electron chi connectivity index (χ0n) is 18.5. The summed E-state index contributed by atoms with van der Waals surface area (Å²) in [6.45, 7) is 1.46. The summed E-state index contributed by atoms with van der Waals surface area (Å²) in [4.78, 5) is 49.2. The van der Waals surface area contributed by atoms with E-state index in [0.29, 0.717) is 16.5 Å². The Morgan fingerprint density at radius 3 is 2.80 bits per heavy atom. The smallest absolute Gasteiger partial charge is 0.352 e. The second kappa shape index (κ2) is 9.53. The van der Waals surface area contributed by atoms with E-state index in [4.69, 9.17) is 4.74 Å². The van der Waals surface area contributed by atoms with Crippen LogP contribution >= 0.6 is 23.5 Å². The lowest BCUT2D eigenvalue weighted by atomic mass is 10.0. The van der Waals surface area contributed by atoms with E-state index in [1.165, 1.54) is 47.1 Å². The number of aliphatic carboxylic acids is 1. The summed E-state index contributed by atoms with van der Waals surface area (Å²) < 4.78 is 7.39. The summed E-state index contributed by atoms with van der Waals surface area (Å²) in [5, 5.41) is 38.4. The number of tetrazole rings is 1. The van der Waals surface area contributed by atoms with Crippen LogP contribution in [0.5, 0.6) is 5.88 Å². The first-order valence-electron chi connectivity index (χ1n) is 9.97. The molecule has 0 aromatic carbocycles. The lowest BCUT2D eigenvalue weighted by molar-refractivity contribution is -0.385. The van der Waals surface area contributed by atoms with Crippen molar-refractivity contribution >= 4 is 47.0 Å². The number of nitrogens with one attached hydrogen (secondary N) is 1. The fraction of sp³-hybridized carbons (Fsp3) is 0.471. The highest BCUT2D eigenvalue weighted by Crippen LogP contribution is 2.41. The van der Waals surface area contributed by atoms with E-state index in [1.807, 2.05) is 0 Å². The molecule has 0 spiro atoms. The molecule has 0 aliphatic carbocycles. The van der Waals surface area contributed by atoms with E-state index >= 15 is 0 Å². The Balaban J connectivity index is 1.46. The van der Waals surface area contributed by atoms with Gasteiger partial charge in [-0.2, -0.15) is 0 Å². The number of β-lactam (4-membered cyclic amide) rings is 1. The minimum Gasteiger partial charge on any atom is -0.477 e. The van der Waals surface area contributed by atoms with Crippen molar-refractivity contribution < 1.29 is 29.2 Å². The summed E-state index contributed by atoms with van der Waals surface area (Å²) in [5.74, 6) is -2.06. The van der Waals surface area contributed by atoms with E-state index in [2.05, 4.69) is 25.9 Å². The highest BCUT2D eigenvalue weighted by atomic mass is 32.2. The topological polar surface area (TPSA) is 200 Å². The molecule has 35 heavy (non-hydrogen) atoms. The Hall–Kier alpha value is -3.67. The number of nitrogens with zero attached hydrogens (tertiary/aromatic N) is 8. The standard InChI is InChI=1S/C17H19N9O7S2/c1-7(24-4-9(26(31)32)13(20-24)33-3)12(27)18-10-14(28)25-11(16(29)30)8(5-34-15(10)25)6-35-17-19-21-22-23(17)2/h4,7,10,15H,5-6H2,1-3H3,(H,18,27)(H,29,30)/t7-,10+,15+/m0/s1. The maximum absolute atomic E-state index is 12.9. The number of fused-ring (bicyclic) bond motifs is 1. The SMILES string of the molecule is COc1nn([C@@H](C)C(=O)N[C@@H]2C(=O)N3C(C(=O)O)=C(CSc4nnnn4C)CS[C@H]23)cc1[N+](=O)[O-]. The molecule has 2 aromatic rings. The lowest BCUT2D eigenvalue weighted by Crippen LogP contribution is -2.71. The number of hydrogen-bond acceptors (Lipinski definition) is 12. The number of rotatable bonds is 9. The monoisotopic (exact) mass is 525 g/mol. The maximum atomic E-state index is 12.9. The average Bonchev–Trinajstić information content (AvgIpc) is 3.45. The average molecular weight is 526 g/mol. The van der Waals surface area contributed by atoms with Crippen molar-refractivity contribution in [2.75, 3.05) is 18.6 Å². The van der Waals surface area contributed by atoms with Crippen molar-refractivity contribution in [3.05, 3.63) is 27.6 Å². The highest BCUT2D eigenvalue weighted by molar-refractivity contribution is 8.01. The number of carboxylic acids is 1. The number of thioether (sulfide) groups is 2. The van der Waals surface area contributed by atoms with Crippen molar-refractivity contribution in [3.63, 3.8) is 0 Å². The van der Waals surface area contributed by atoms with Gasteiger partial charge in [0.25, 0.3) is 5.91 Å². The van der Waals surface area contributed by atoms with Gasteiger partial charge in [-0.25, -0.2) is 14.2 Å². The van der Waals surface area contributed by atoms with Gasteiger partial charge >= 0.3 is 17.5 Å². The summed E-state index contributed by atoms with van der Waals surface area (Å²) in [6, 6.07) is -1.94. The number of ether oxygens (including phenoxy) is 1. The predicted octanol–water partition coefficient (Wildman–Crippen LogP) is -0.585. The third-order valence-corrected chi connectivity index (χ3v) is 7.79. The van der Waals surface area contributed by atoms with Crippen LogP contribution in [0.1, 0.15) is 13.0 Å². The number of aryl methyl sites for hydroxylation is 1. The van der Waals surface area contributed by atoms with Gasteiger partial charge in [0.05, 0.1) is 12.0 Å². The number of carbonyl (C=O) groups excluding carboxylic acids is 2. The van der Waals surface area contributed by atoms with Gasteiger partial charge in [-0.3, -0.25) is 24.6 Å². The highest BCUT2D eigenvalue weighted by Gasteiger charge is 2.54. The Kier molecular flexibility index (Phi) is 6.66. The molecule has 18 heteroatoms. The zero-order valence-corrected chi connectivity index (χ0v) is 20.1. The van der Waals surface area contributed by atoms with Crippen molar-refractivity contribution in [2.45, 2.75) is 29.5 Å². The summed E-state index contributed by atoms with van der Waals surface area (Å²) in [6.07, 6.45) is 1.06. The van der Waals surface area contributed by atoms with Gasteiger partial charge in [-0.1, -0.05) is 11.8 Å². The van der Waals surface area contributed by atoms with E-state index in [-0.39, 0.29) is 17.3 Å². The van der Waals surface area contributed by atoms with Crippen molar-refractivity contribution in [1.29, 1.82) is 0 Å². The lowest BCUT2D eigenvalue weighted by Gasteiger charge is -2.49. The van der Waals surface area contributed by atoms with Crippen LogP contribution in [-0.2, 0) is 21.4 Å². The third kappa shape index (κ3) is 4.41. The van der Waals surface area contributed by atoms with Gasteiger partial charge in [0.15, 0.2) is 0 Å². The molecule has 0 unspecified atom stereocenters. The van der Waals surface area contributed by atoms with Gasteiger partial charge < -0.3 is 15.2 Å². The Labute approximate surface area is 205 Å². The Morgan fingerprint density at radius 2 is 2.23 bits per heavy atom. The molecule has 2 N–H and O–H groups in total. The summed E-state index contributed by atoms with van der Waals surface area (Å²) in [7, 11) is 2.88. The molecule has 2 amide bonds. The fourth-order valence-corrected chi connectivity index (χ4v) is 5.85. The number of carbonyl (C=O) groups is 3. The van der Waals surface area contributed by atoms with Gasteiger partial charge in [-0.05, 0) is 22.9 Å². The van der Waals surface area contributed by atoms with Gasteiger partial charge in [0.2, 0.25) is 11.1 Å². The zero-order chi connectivity index (χ0) is 25.4. The quantitative estimate of drug-likeness (QED) is 0.182. The summed E-state index contributed by atoms with van der Waals surface area (Å²) >= 11 is 2.57. The van der Waals surface area contributed by atoms with Crippen LogP contribution in [0, 0.1) is 10.1 Å². The van der Waals surface area contributed by atoms with Crippen LogP contribution in [0.25, 0.3) is 0 Å². The molecule has 0 saturated carbocycles. The molecular formula is C17H19N9O7S2. The number of hydrogen-bond donors (Lipinski definition) is 2. The first-order valence-corrected chi connectivity index (χ1v) is 12.0. The maximum Gasteiger partial charge on any atom is 0.352 e. The normalized spacial score (nSPS) is 20.2. The van der Waals surface area contributed by atoms with Crippen LogP contribution in [0.15, 0.2) is 22.6 Å². The molecule has 2 aliphatic rings. The number of nitro groups is 1. The minimum absolute atomic E-state index is 0.118. The fourth-order valence-electron chi connectivity index (χ4n) is 3.52. The van der Waals surface area contributed by atoms with Crippen LogP contribution in [0.4, 0.5) is 5.69 Å². The van der Waals surface area contributed by atoms with Crippen molar-refractivity contribution in [1.82, 2.24) is 40.2 Å². The van der Waals surface area contributed by atoms with Gasteiger partial charge in [0, 0.05) is 18.6 Å². The third-order valence-electron chi connectivity index (χ3n) is 5.35. The number of aromatic nitrogens is 6. The van der Waals surface area contributed by atoms with Gasteiger partial charge in [-0.15, -0.1) is 22.0 Å². The largest absolute Gasteiger partial charge is 0.477 e. The molecular weight excluding hydrogens is 506 g/mol. The molecule has 2 aromatic heterocycles. The predicted molar refractivity (Wildman–Crippen MR) is 119 cm³/mol. The molecule has 0 radical (unpaired) electrons. The van der Waals surface area contributed by atoms with E-state index in [1.54, 1.807) is 7.05 Å². The van der Waals surface area contributed by atoms with Crippen LogP contribution in [-0.4, -0.2) is 92.7 Å². The molecule has 2 aliphatic heterocycles. The first kappa shape index (κ1) is 24.5.